The van der Waals surface area contributed by atoms with Crippen LogP contribution in [0.15, 0.2) is 11.4 Å². The van der Waals surface area contributed by atoms with Gasteiger partial charge in [0, 0.05) is 11.3 Å². The maximum Gasteiger partial charge on any atom is 0.220 e. The first-order valence-corrected chi connectivity index (χ1v) is 7.14. The van der Waals surface area contributed by atoms with E-state index in [9.17, 15) is 4.79 Å². The van der Waals surface area contributed by atoms with E-state index in [1.165, 1.54) is 23.3 Å². The molecule has 0 aliphatic heterocycles. The van der Waals surface area contributed by atoms with Gasteiger partial charge in [0.05, 0.1) is 6.04 Å². The summed E-state index contributed by atoms with van der Waals surface area (Å²) in [4.78, 5) is 13.3. The summed E-state index contributed by atoms with van der Waals surface area (Å²) < 4.78 is 0. The van der Waals surface area contributed by atoms with E-state index in [1.54, 1.807) is 11.3 Å². The molecule has 17 heavy (non-hydrogen) atoms. The fraction of sp³-hybridized carbons (Fsp3) is 0.615. The van der Waals surface area contributed by atoms with E-state index in [1.807, 2.05) is 6.92 Å². The Bertz CT molecular complexity index is 389. The molecule has 0 fully saturated rings. The number of aryl methyl sites for hydroxylation is 1. The predicted molar refractivity (Wildman–Crippen MR) is 71.0 cm³/mol. The van der Waals surface area contributed by atoms with Crippen molar-refractivity contribution in [2.75, 3.05) is 6.54 Å². The number of carbonyl (C=O) groups is 1. The summed E-state index contributed by atoms with van der Waals surface area (Å²) in [6.45, 7) is 2.58. The highest BCUT2D eigenvalue weighted by molar-refractivity contribution is 7.10. The molecule has 1 aromatic rings. The van der Waals surface area contributed by atoms with Crippen molar-refractivity contribution in [1.82, 2.24) is 5.32 Å². The predicted octanol–water partition coefficient (Wildman–Crippen LogP) is 2.23. The van der Waals surface area contributed by atoms with Crippen LogP contribution in [0.25, 0.3) is 0 Å². The monoisotopic (exact) mass is 252 g/mol. The lowest BCUT2D eigenvalue weighted by atomic mass is 9.93. The van der Waals surface area contributed by atoms with Crippen molar-refractivity contribution < 1.29 is 4.79 Å². The Balaban J connectivity index is 1.95. The Morgan fingerprint density at radius 2 is 2.53 bits per heavy atom. The molecule has 0 aromatic carbocycles. The molecule has 2 unspecified atom stereocenters. The lowest BCUT2D eigenvalue weighted by Crippen LogP contribution is -2.32. The van der Waals surface area contributed by atoms with Crippen LogP contribution >= 0.6 is 11.3 Å². The molecule has 1 aromatic heterocycles. The maximum atomic E-state index is 11.8. The van der Waals surface area contributed by atoms with Crippen LogP contribution in [-0.2, 0) is 11.2 Å². The minimum absolute atomic E-state index is 0.131. The van der Waals surface area contributed by atoms with Gasteiger partial charge < -0.3 is 11.1 Å². The van der Waals surface area contributed by atoms with Gasteiger partial charge in [-0.05, 0) is 48.7 Å². The second kappa shape index (κ2) is 5.65. The van der Waals surface area contributed by atoms with Gasteiger partial charge in [-0.3, -0.25) is 4.79 Å². The van der Waals surface area contributed by atoms with Crippen LogP contribution in [0, 0.1) is 5.92 Å². The minimum atomic E-state index is 0.131. The Hall–Kier alpha value is -0.870. The molecular formula is C13H20N2OS. The van der Waals surface area contributed by atoms with Gasteiger partial charge in [0.1, 0.15) is 0 Å². The number of hydrogen-bond acceptors (Lipinski definition) is 3. The van der Waals surface area contributed by atoms with E-state index in [0.29, 0.717) is 13.0 Å². The smallest absolute Gasteiger partial charge is 0.220 e. The average molecular weight is 252 g/mol. The number of nitrogens with one attached hydrogen (secondary N) is 1. The molecule has 0 bridgehead atoms. The van der Waals surface area contributed by atoms with Crippen LogP contribution in [0.4, 0.5) is 0 Å². The highest BCUT2D eigenvalue weighted by Crippen LogP contribution is 2.33. The molecule has 1 aliphatic carbocycles. The van der Waals surface area contributed by atoms with Crippen molar-refractivity contribution in [3.05, 3.63) is 21.9 Å². The normalized spacial score (nSPS) is 20.7. The second-order valence-corrected chi connectivity index (χ2v) is 5.86. The lowest BCUT2D eigenvalue weighted by Gasteiger charge is -2.24. The summed E-state index contributed by atoms with van der Waals surface area (Å²) in [6, 6.07) is 2.37. The zero-order valence-electron chi connectivity index (χ0n) is 10.2. The fourth-order valence-corrected chi connectivity index (χ4v) is 3.28. The van der Waals surface area contributed by atoms with Crippen LogP contribution in [0.1, 0.15) is 42.7 Å². The molecule has 2 rings (SSSR count). The molecule has 3 nitrogen and oxygen atoms in total. The van der Waals surface area contributed by atoms with Crippen molar-refractivity contribution in [2.24, 2.45) is 11.7 Å². The highest BCUT2D eigenvalue weighted by atomic mass is 32.1. The van der Waals surface area contributed by atoms with E-state index < -0.39 is 0 Å². The molecular weight excluding hydrogens is 232 g/mol. The Morgan fingerprint density at radius 3 is 3.29 bits per heavy atom. The van der Waals surface area contributed by atoms with Gasteiger partial charge in [-0.2, -0.15) is 0 Å². The van der Waals surface area contributed by atoms with Crippen LogP contribution in [0.5, 0.6) is 0 Å². The standard InChI is InChI=1S/C13H20N2OS/c1-9(8-14)7-13(16)15-11-3-2-4-12-10(11)5-6-17-12/h5-6,9,11H,2-4,7-8,14H2,1H3,(H,15,16). The molecule has 4 heteroatoms. The van der Waals surface area contributed by atoms with Gasteiger partial charge in [0.2, 0.25) is 5.91 Å². The summed E-state index contributed by atoms with van der Waals surface area (Å²) >= 11 is 1.80. The molecule has 0 spiro atoms. The number of amides is 1. The Morgan fingerprint density at radius 1 is 1.71 bits per heavy atom. The Kier molecular flexibility index (Phi) is 4.18. The molecule has 3 N–H and O–H groups in total. The zero-order chi connectivity index (χ0) is 12.3. The van der Waals surface area contributed by atoms with Gasteiger partial charge >= 0.3 is 0 Å². The fourth-order valence-electron chi connectivity index (χ4n) is 2.29. The average Bonchev–Trinajstić information content (AvgIpc) is 2.78. The van der Waals surface area contributed by atoms with Crippen LogP contribution in [0.3, 0.4) is 0 Å². The third kappa shape index (κ3) is 3.07. The number of rotatable bonds is 4. The topological polar surface area (TPSA) is 55.1 Å². The van der Waals surface area contributed by atoms with Crippen LogP contribution < -0.4 is 11.1 Å². The third-order valence-corrected chi connectivity index (χ3v) is 4.32. The molecule has 1 heterocycles. The quantitative estimate of drug-likeness (QED) is 0.863. The zero-order valence-corrected chi connectivity index (χ0v) is 11.1. The first-order valence-electron chi connectivity index (χ1n) is 6.26. The summed E-state index contributed by atoms with van der Waals surface area (Å²) in [7, 11) is 0. The molecule has 94 valence electrons. The molecule has 1 amide bonds. The number of fused-ring (bicyclic) bond motifs is 1. The minimum Gasteiger partial charge on any atom is -0.349 e. The van der Waals surface area contributed by atoms with Crippen molar-refractivity contribution >= 4 is 17.2 Å². The van der Waals surface area contributed by atoms with Gasteiger partial charge in [0.15, 0.2) is 0 Å². The first kappa shape index (κ1) is 12.6. The van der Waals surface area contributed by atoms with E-state index in [2.05, 4.69) is 16.8 Å². The number of carbonyl (C=O) groups excluding carboxylic acids is 1. The van der Waals surface area contributed by atoms with E-state index in [-0.39, 0.29) is 17.9 Å². The first-order chi connectivity index (χ1) is 8.20. The van der Waals surface area contributed by atoms with Gasteiger partial charge in [-0.25, -0.2) is 0 Å². The molecule has 2 atom stereocenters. The SMILES string of the molecule is CC(CN)CC(=O)NC1CCCc2sccc21. The van der Waals surface area contributed by atoms with Gasteiger partial charge in [-0.1, -0.05) is 6.92 Å². The van der Waals surface area contributed by atoms with Crippen LogP contribution in [-0.4, -0.2) is 12.5 Å². The number of nitrogens with two attached hydrogens (primary N) is 1. The van der Waals surface area contributed by atoms with Gasteiger partial charge in [-0.15, -0.1) is 11.3 Å². The molecule has 0 saturated carbocycles. The van der Waals surface area contributed by atoms with Crippen LogP contribution in [0.2, 0.25) is 0 Å². The largest absolute Gasteiger partial charge is 0.349 e. The molecule has 0 saturated heterocycles. The number of hydrogen-bond donors (Lipinski definition) is 2. The van der Waals surface area contributed by atoms with Gasteiger partial charge in [0.25, 0.3) is 0 Å². The molecule has 1 aliphatic rings. The summed E-state index contributed by atoms with van der Waals surface area (Å²) in [5, 5.41) is 5.26. The second-order valence-electron chi connectivity index (χ2n) is 4.86. The van der Waals surface area contributed by atoms with Crippen molar-refractivity contribution in [3.8, 4) is 0 Å². The van der Waals surface area contributed by atoms with Crippen molar-refractivity contribution in [1.29, 1.82) is 0 Å². The third-order valence-electron chi connectivity index (χ3n) is 3.32. The number of thiophene rings is 1. The Labute approximate surface area is 106 Å². The molecule has 0 radical (unpaired) electrons. The van der Waals surface area contributed by atoms with Crippen molar-refractivity contribution in [2.45, 2.75) is 38.6 Å². The lowest BCUT2D eigenvalue weighted by molar-refractivity contribution is -0.122. The summed E-state index contributed by atoms with van der Waals surface area (Å²) in [6.07, 6.45) is 3.93. The maximum absolute atomic E-state index is 11.8. The highest BCUT2D eigenvalue weighted by Gasteiger charge is 2.22. The van der Waals surface area contributed by atoms with E-state index in [4.69, 9.17) is 5.73 Å². The van der Waals surface area contributed by atoms with Crippen molar-refractivity contribution in [3.63, 3.8) is 0 Å². The summed E-state index contributed by atoms with van der Waals surface area (Å²) in [5.74, 6) is 0.396. The van der Waals surface area contributed by atoms with E-state index >= 15 is 0 Å². The summed E-state index contributed by atoms with van der Waals surface area (Å²) in [5.41, 5.74) is 6.86. The van der Waals surface area contributed by atoms with E-state index in [0.717, 1.165) is 6.42 Å².